The van der Waals surface area contributed by atoms with Crippen molar-refractivity contribution in [2.45, 2.75) is 0 Å². The van der Waals surface area contributed by atoms with Gasteiger partial charge in [-0.25, -0.2) is 0 Å². The molecule has 1 heterocycles. The fourth-order valence-electron chi connectivity index (χ4n) is 2.90. The molecule has 1 saturated heterocycles. The van der Waals surface area contributed by atoms with Crippen LogP contribution < -0.4 is 15.5 Å². The molecular weight excluding hydrogens is 272 g/mol. The first-order valence-electron chi connectivity index (χ1n) is 7.77. The van der Waals surface area contributed by atoms with Gasteiger partial charge >= 0.3 is 0 Å². The van der Waals surface area contributed by atoms with Gasteiger partial charge in [-0.1, -0.05) is 18.2 Å². The largest absolute Gasteiger partial charge is 0.397 e. The van der Waals surface area contributed by atoms with Crippen LogP contribution in [0.3, 0.4) is 0 Å². The van der Waals surface area contributed by atoms with Crippen molar-refractivity contribution < 1.29 is 0 Å². The van der Waals surface area contributed by atoms with Crippen LogP contribution in [0.5, 0.6) is 0 Å². The summed E-state index contributed by atoms with van der Waals surface area (Å²) in [6.45, 7) is 4.32. The van der Waals surface area contributed by atoms with Gasteiger partial charge in [-0.3, -0.25) is 0 Å². The summed E-state index contributed by atoms with van der Waals surface area (Å²) in [5, 5.41) is 0. The lowest BCUT2D eigenvalue weighted by Crippen LogP contribution is -2.44. The average Bonchev–Trinajstić information content (AvgIpc) is 2.56. The third kappa shape index (κ3) is 3.02. The Bertz CT molecular complexity index is 618. The monoisotopic (exact) mass is 296 g/mol. The van der Waals surface area contributed by atoms with Crippen molar-refractivity contribution in [3.63, 3.8) is 0 Å². The molecule has 4 heteroatoms. The van der Waals surface area contributed by atoms with E-state index in [2.05, 4.69) is 59.1 Å². The molecule has 0 aliphatic carbocycles. The number of anilines is 4. The van der Waals surface area contributed by atoms with Crippen LogP contribution in [0.25, 0.3) is 0 Å². The van der Waals surface area contributed by atoms with E-state index in [9.17, 15) is 0 Å². The van der Waals surface area contributed by atoms with Crippen LogP contribution >= 0.6 is 0 Å². The highest BCUT2D eigenvalue weighted by Gasteiger charge is 2.16. The zero-order chi connectivity index (χ0) is 15.5. The van der Waals surface area contributed by atoms with Gasteiger partial charge in [0, 0.05) is 44.6 Å². The number of para-hydroxylation sites is 1. The quantitative estimate of drug-likeness (QED) is 0.884. The number of rotatable bonds is 3. The zero-order valence-electron chi connectivity index (χ0n) is 13.4. The number of likely N-dealkylation sites (N-methyl/N-ethyl adjacent to an activating group) is 1. The average molecular weight is 296 g/mol. The Morgan fingerprint density at radius 1 is 0.955 bits per heavy atom. The first kappa shape index (κ1) is 14.7. The number of hydrogen-bond donors (Lipinski definition) is 1. The van der Waals surface area contributed by atoms with Crippen molar-refractivity contribution in [1.29, 1.82) is 0 Å². The van der Waals surface area contributed by atoms with E-state index in [0.29, 0.717) is 0 Å². The SMILES string of the molecule is CN1CCN(c2ccc(N(C)c3ccccc3)c(N)c2)CC1. The number of hydrogen-bond acceptors (Lipinski definition) is 4. The van der Waals surface area contributed by atoms with Crippen LogP contribution in [0, 0.1) is 0 Å². The highest BCUT2D eigenvalue weighted by molar-refractivity contribution is 5.77. The van der Waals surface area contributed by atoms with Gasteiger partial charge in [0.05, 0.1) is 11.4 Å². The van der Waals surface area contributed by atoms with Crippen LogP contribution in [0.2, 0.25) is 0 Å². The third-order valence-corrected chi connectivity index (χ3v) is 4.38. The van der Waals surface area contributed by atoms with Crippen molar-refractivity contribution in [3.05, 3.63) is 48.5 Å². The standard InChI is InChI=1S/C18H24N4/c1-20-10-12-22(13-11-20)16-8-9-18(17(19)14-16)21(2)15-6-4-3-5-7-15/h3-9,14H,10-13,19H2,1-2H3. The molecule has 0 amide bonds. The second-order valence-corrected chi connectivity index (χ2v) is 5.93. The minimum Gasteiger partial charge on any atom is -0.397 e. The summed E-state index contributed by atoms with van der Waals surface area (Å²) < 4.78 is 0. The Hall–Kier alpha value is -2.20. The molecule has 1 aliphatic heterocycles. The van der Waals surface area contributed by atoms with E-state index in [-0.39, 0.29) is 0 Å². The third-order valence-electron chi connectivity index (χ3n) is 4.38. The summed E-state index contributed by atoms with van der Waals surface area (Å²) in [6.07, 6.45) is 0. The normalized spacial score (nSPS) is 15.8. The summed E-state index contributed by atoms with van der Waals surface area (Å²) in [6, 6.07) is 16.7. The van der Waals surface area contributed by atoms with E-state index in [0.717, 1.165) is 43.2 Å². The molecule has 4 nitrogen and oxygen atoms in total. The van der Waals surface area contributed by atoms with Gasteiger partial charge in [-0.15, -0.1) is 0 Å². The molecule has 0 saturated carbocycles. The molecule has 1 aliphatic rings. The van der Waals surface area contributed by atoms with Gasteiger partial charge < -0.3 is 20.4 Å². The molecule has 3 rings (SSSR count). The lowest BCUT2D eigenvalue weighted by Gasteiger charge is -2.34. The highest BCUT2D eigenvalue weighted by atomic mass is 15.2. The minimum absolute atomic E-state index is 0.822. The van der Waals surface area contributed by atoms with Crippen LogP contribution in [-0.2, 0) is 0 Å². The summed E-state index contributed by atoms with van der Waals surface area (Å²) in [5.41, 5.74) is 10.5. The number of piperazine rings is 1. The van der Waals surface area contributed by atoms with Crippen molar-refractivity contribution >= 4 is 22.7 Å². The topological polar surface area (TPSA) is 35.7 Å². The van der Waals surface area contributed by atoms with E-state index in [1.807, 2.05) is 18.2 Å². The smallest absolute Gasteiger partial charge is 0.0643 e. The van der Waals surface area contributed by atoms with Crippen molar-refractivity contribution in [3.8, 4) is 0 Å². The van der Waals surface area contributed by atoms with Crippen LogP contribution in [0.15, 0.2) is 48.5 Å². The number of nitrogen functional groups attached to an aromatic ring is 1. The molecule has 0 atom stereocenters. The molecule has 1 fully saturated rings. The van der Waals surface area contributed by atoms with Gasteiger partial charge in [-0.05, 0) is 37.4 Å². The minimum atomic E-state index is 0.822. The van der Waals surface area contributed by atoms with Crippen LogP contribution in [0.4, 0.5) is 22.7 Å². The molecule has 0 radical (unpaired) electrons. The second-order valence-electron chi connectivity index (χ2n) is 5.93. The second kappa shape index (κ2) is 6.28. The first-order valence-corrected chi connectivity index (χ1v) is 7.77. The Morgan fingerprint density at radius 2 is 1.64 bits per heavy atom. The molecule has 22 heavy (non-hydrogen) atoms. The molecule has 2 aromatic carbocycles. The van der Waals surface area contributed by atoms with Gasteiger partial charge in [0.2, 0.25) is 0 Å². The Labute approximate surface area is 132 Å². The number of benzene rings is 2. The lowest BCUT2D eigenvalue weighted by atomic mass is 10.2. The maximum absolute atomic E-state index is 6.31. The van der Waals surface area contributed by atoms with Gasteiger partial charge in [0.15, 0.2) is 0 Å². The maximum Gasteiger partial charge on any atom is 0.0643 e. The van der Waals surface area contributed by atoms with Crippen molar-refractivity contribution in [2.75, 3.05) is 55.8 Å². The number of nitrogens with two attached hydrogens (primary N) is 1. The zero-order valence-corrected chi connectivity index (χ0v) is 13.4. The predicted molar refractivity (Wildman–Crippen MR) is 95.1 cm³/mol. The van der Waals surface area contributed by atoms with Gasteiger partial charge in [-0.2, -0.15) is 0 Å². The van der Waals surface area contributed by atoms with E-state index >= 15 is 0 Å². The fourth-order valence-corrected chi connectivity index (χ4v) is 2.90. The van der Waals surface area contributed by atoms with Crippen LogP contribution in [-0.4, -0.2) is 45.2 Å². The summed E-state index contributed by atoms with van der Waals surface area (Å²) >= 11 is 0. The Morgan fingerprint density at radius 3 is 2.27 bits per heavy atom. The molecule has 2 N–H and O–H groups in total. The predicted octanol–water partition coefficient (Wildman–Crippen LogP) is 2.79. The molecule has 0 unspecified atom stereocenters. The summed E-state index contributed by atoms with van der Waals surface area (Å²) in [7, 11) is 4.22. The Balaban J connectivity index is 1.80. The van der Waals surface area contributed by atoms with E-state index < -0.39 is 0 Å². The highest BCUT2D eigenvalue weighted by Crippen LogP contribution is 2.32. The summed E-state index contributed by atoms with van der Waals surface area (Å²) in [5.74, 6) is 0. The molecule has 2 aromatic rings. The maximum atomic E-state index is 6.31. The van der Waals surface area contributed by atoms with E-state index in [1.54, 1.807) is 0 Å². The lowest BCUT2D eigenvalue weighted by molar-refractivity contribution is 0.313. The molecule has 0 spiro atoms. The molecule has 0 aromatic heterocycles. The van der Waals surface area contributed by atoms with Gasteiger partial charge in [0.25, 0.3) is 0 Å². The first-order chi connectivity index (χ1) is 10.6. The van der Waals surface area contributed by atoms with Crippen LogP contribution in [0.1, 0.15) is 0 Å². The summed E-state index contributed by atoms with van der Waals surface area (Å²) in [4.78, 5) is 6.89. The fraction of sp³-hybridized carbons (Fsp3) is 0.333. The molecular formula is C18H24N4. The van der Waals surface area contributed by atoms with E-state index in [1.165, 1.54) is 5.69 Å². The molecule has 116 valence electrons. The van der Waals surface area contributed by atoms with Gasteiger partial charge in [0.1, 0.15) is 0 Å². The van der Waals surface area contributed by atoms with Crippen molar-refractivity contribution in [1.82, 2.24) is 4.90 Å². The molecule has 0 bridgehead atoms. The van der Waals surface area contributed by atoms with Crippen molar-refractivity contribution in [2.24, 2.45) is 0 Å². The number of nitrogens with zero attached hydrogens (tertiary/aromatic N) is 3. The Kier molecular flexibility index (Phi) is 4.20. The van der Waals surface area contributed by atoms with E-state index in [4.69, 9.17) is 5.73 Å².